The van der Waals surface area contributed by atoms with Crippen LogP contribution in [0.4, 0.5) is 0 Å². The predicted molar refractivity (Wildman–Crippen MR) is 94.0 cm³/mol. The van der Waals surface area contributed by atoms with Gasteiger partial charge in [-0.1, -0.05) is 18.6 Å². The molecule has 0 saturated carbocycles. The quantitative estimate of drug-likeness (QED) is 0.676. The van der Waals surface area contributed by atoms with Crippen LogP contribution in [0.5, 0.6) is 5.75 Å². The van der Waals surface area contributed by atoms with Gasteiger partial charge in [0, 0.05) is 30.5 Å². The maximum atomic E-state index is 11.7. The molecule has 0 fully saturated rings. The summed E-state index contributed by atoms with van der Waals surface area (Å²) >= 11 is 1.63. The highest BCUT2D eigenvalue weighted by atomic mass is 32.1. The third-order valence-electron chi connectivity index (χ3n) is 3.71. The van der Waals surface area contributed by atoms with Gasteiger partial charge in [-0.2, -0.15) is 0 Å². The Hall–Kier alpha value is -1.88. The minimum absolute atomic E-state index is 0.152. The van der Waals surface area contributed by atoms with Gasteiger partial charge >= 0.3 is 0 Å². The van der Waals surface area contributed by atoms with Crippen LogP contribution in [0.25, 0.3) is 0 Å². The highest BCUT2D eigenvalue weighted by molar-refractivity contribution is 7.09. The monoisotopic (exact) mass is 332 g/mol. The van der Waals surface area contributed by atoms with Gasteiger partial charge in [-0.05, 0) is 37.0 Å². The van der Waals surface area contributed by atoms with Crippen LogP contribution in [0.1, 0.15) is 36.1 Å². The molecule has 0 aliphatic carbocycles. The lowest BCUT2D eigenvalue weighted by Gasteiger charge is -2.05. The number of thiazole rings is 1. The number of nitrogens with zero attached hydrogens (tertiary/aromatic N) is 1. The van der Waals surface area contributed by atoms with Crippen molar-refractivity contribution in [1.29, 1.82) is 0 Å². The third-order valence-corrected chi connectivity index (χ3v) is 4.54. The summed E-state index contributed by atoms with van der Waals surface area (Å²) in [4.78, 5) is 17.0. The standard InChI is InChI=1S/C18H24N2O2S/c1-22-16-9-7-15(8-10-16)5-3-2-4-6-18(21)20-12-11-17-13-19-14-23-17/h7-10,13-14H,2-6,11-12H2,1H3,(H,20,21). The van der Waals surface area contributed by atoms with Crippen LogP contribution >= 0.6 is 11.3 Å². The fourth-order valence-corrected chi connectivity index (χ4v) is 2.96. The molecular formula is C18H24N2O2S. The maximum Gasteiger partial charge on any atom is 0.220 e. The highest BCUT2D eigenvalue weighted by Gasteiger charge is 2.02. The van der Waals surface area contributed by atoms with Crippen molar-refractivity contribution in [2.45, 2.75) is 38.5 Å². The average Bonchev–Trinajstić information content (AvgIpc) is 3.08. The molecule has 0 aliphatic rings. The van der Waals surface area contributed by atoms with Crippen LogP contribution in [0, 0.1) is 0 Å². The Labute approximate surface area is 141 Å². The second kappa shape index (κ2) is 10.0. The van der Waals surface area contributed by atoms with Crippen molar-refractivity contribution < 1.29 is 9.53 Å². The number of unbranched alkanes of at least 4 members (excludes halogenated alkanes) is 2. The Bertz CT molecular complexity index is 567. The largest absolute Gasteiger partial charge is 0.497 e. The second-order valence-electron chi connectivity index (χ2n) is 5.48. The van der Waals surface area contributed by atoms with E-state index in [1.54, 1.807) is 18.4 Å². The van der Waals surface area contributed by atoms with Gasteiger partial charge in [-0.25, -0.2) is 0 Å². The molecule has 0 spiro atoms. The zero-order valence-corrected chi connectivity index (χ0v) is 14.4. The van der Waals surface area contributed by atoms with E-state index in [0.29, 0.717) is 13.0 Å². The summed E-state index contributed by atoms with van der Waals surface area (Å²) in [7, 11) is 1.68. The number of benzene rings is 1. The summed E-state index contributed by atoms with van der Waals surface area (Å²) in [6.07, 6.45) is 7.53. The molecule has 0 bridgehead atoms. The van der Waals surface area contributed by atoms with Gasteiger partial charge in [0.2, 0.25) is 5.91 Å². The summed E-state index contributed by atoms with van der Waals surface area (Å²) in [6, 6.07) is 8.19. The van der Waals surface area contributed by atoms with Gasteiger partial charge < -0.3 is 10.1 Å². The lowest BCUT2D eigenvalue weighted by molar-refractivity contribution is -0.121. The van der Waals surface area contributed by atoms with E-state index >= 15 is 0 Å². The van der Waals surface area contributed by atoms with E-state index in [0.717, 1.165) is 37.9 Å². The van der Waals surface area contributed by atoms with Crippen LogP contribution in [-0.4, -0.2) is 24.5 Å². The van der Waals surface area contributed by atoms with Gasteiger partial charge in [0.05, 0.1) is 12.6 Å². The summed E-state index contributed by atoms with van der Waals surface area (Å²) in [6.45, 7) is 0.701. The van der Waals surface area contributed by atoms with Crippen molar-refractivity contribution in [3.63, 3.8) is 0 Å². The number of aromatic nitrogens is 1. The molecule has 23 heavy (non-hydrogen) atoms. The third kappa shape index (κ3) is 6.82. The van der Waals surface area contributed by atoms with Crippen molar-refractivity contribution in [2.75, 3.05) is 13.7 Å². The van der Waals surface area contributed by atoms with Crippen LogP contribution in [0.15, 0.2) is 36.0 Å². The predicted octanol–water partition coefficient (Wildman–Crippen LogP) is 3.61. The van der Waals surface area contributed by atoms with Crippen LogP contribution in [-0.2, 0) is 17.6 Å². The molecule has 0 saturated heterocycles. The van der Waals surface area contributed by atoms with E-state index in [1.807, 2.05) is 23.8 Å². The van der Waals surface area contributed by atoms with Crippen molar-refractivity contribution in [3.8, 4) is 5.75 Å². The first kappa shape index (κ1) is 17.5. The van der Waals surface area contributed by atoms with E-state index in [-0.39, 0.29) is 5.91 Å². The molecule has 1 amide bonds. The molecule has 1 aromatic heterocycles. The minimum atomic E-state index is 0.152. The second-order valence-corrected chi connectivity index (χ2v) is 6.45. The average molecular weight is 332 g/mol. The van der Waals surface area contributed by atoms with E-state index in [4.69, 9.17) is 4.74 Å². The molecule has 2 aromatic rings. The number of amides is 1. The highest BCUT2D eigenvalue weighted by Crippen LogP contribution is 2.14. The molecule has 5 heteroatoms. The summed E-state index contributed by atoms with van der Waals surface area (Å²) in [5.41, 5.74) is 3.14. The molecule has 1 aromatic carbocycles. The number of carbonyl (C=O) groups is 1. The van der Waals surface area contributed by atoms with E-state index in [1.165, 1.54) is 10.4 Å². The van der Waals surface area contributed by atoms with Crippen molar-refractivity contribution in [3.05, 3.63) is 46.4 Å². The topological polar surface area (TPSA) is 51.2 Å². The summed E-state index contributed by atoms with van der Waals surface area (Å²) < 4.78 is 5.15. The van der Waals surface area contributed by atoms with Gasteiger partial charge in [-0.15, -0.1) is 11.3 Å². The fraction of sp³-hybridized carbons (Fsp3) is 0.444. The number of carbonyl (C=O) groups excluding carboxylic acids is 1. The SMILES string of the molecule is COc1ccc(CCCCCC(=O)NCCc2cncs2)cc1. The summed E-state index contributed by atoms with van der Waals surface area (Å²) in [5.74, 6) is 1.04. The molecule has 0 unspecified atom stereocenters. The molecule has 0 aliphatic heterocycles. The Kier molecular flexibility index (Phi) is 7.60. The number of hydrogen-bond donors (Lipinski definition) is 1. The van der Waals surface area contributed by atoms with Crippen molar-refractivity contribution in [2.24, 2.45) is 0 Å². The maximum absolute atomic E-state index is 11.7. The molecule has 0 radical (unpaired) electrons. The number of methoxy groups -OCH3 is 1. The molecule has 124 valence electrons. The minimum Gasteiger partial charge on any atom is -0.497 e. The van der Waals surface area contributed by atoms with Gasteiger partial charge in [0.25, 0.3) is 0 Å². The molecule has 4 nitrogen and oxygen atoms in total. The zero-order valence-electron chi connectivity index (χ0n) is 13.6. The first-order chi connectivity index (χ1) is 11.3. The molecule has 2 rings (SSSR count). The van der Waals surface area contributed by atoms with Crippen molar-refractivity contribution in [1.82, 2.24) is 10.3 Å². The van der Waals surface area contributed by atoms with E-state index in [9.17, 15) is 4.79 Å². The summed E-state index contributed by atoms with van der Waals surface area (Å²) in [5, 5.41) is 2.97. The normalized spacial score (nSPS) is 10.5. The number of rotatable bonds is 10. The van der Waals surface area contributed by atoms with Crippen LogP contribution < -0.4 is 10.1 Å². The van der Waals surface area contributed by atoms with Gasteiger partial charge in [-0.3, -0.25) is 9.78 Å². The van der Waals surface area contributed by atoms with Crippen LogP contribution in [0.2, 0.25) is 0 Å². The Morgan fingerprint density at radius 2 is 2.00 bits per heavy atom. The number of aryl methyl sites for hydroxylation is 1. The van der Waals surface area contributed by atoms with Gasteiger partial charge in [0.15, 0.2) is 0 Å². The molecule has 1 N–H and O–H groups in total. The molecule has 0 atom stereocenters. The smallest absolute Gasteiger partial charge is 0.220 e. The number of ether oxygens (including phenoxy) is 1. The first-order valence-electron chi connectivity index (χ1n) is 8.05. The fourth-order valence-electron chi connectivity index (χ4n) is 2.36. The Morgan fingerprint density at radius 3 is 2.70 bits per heavy atom. The lowest BCUT2D eigenvalue weighted by atomic mass is 10.1. The van der Waals surface area contributed by atoms with Gasteiger partial charge in [0.1, 0.15) is 5.75 Å². The zero-order chi connectivity index (χ0) is 16.3. The number of hydrogen-bond acceptors (Lipinski definition) is 4. The van der Waals surface area contributed by atoms with Crippen LogP contribution in [0.3, 0.4) is 0 Å². The molecular weight excluding hydrogens is 308 g/mol. The Morgan fingerprint density at radius 1 is 1.17 bits per heavy atom. The van der Waals surface area contributed by atoms with E-state index < -0.39 is 0 Å². The van der Waals surface area contributed by atoms with E-state index in [2.05, 4.69) is 22.4 Å². The lowest BCUT2D eigenvalue weighted by Crippen LogP contribution is -2.25. The molecule has 1 heterocycles. The Balaban J connectivity index is 1.50. The van der Waals surface area contributed by atoms with Crippen molar-refractivity contribution >= 4 is 17.2 Å². The number of nitrogens with one attached hydrogen (secondary N) is 1. The first-order valence-corrected chi connectivity index (χ1v) is 8.93.